The average Bonchev–Trinajstić information content (AvgIpc) is 2.68. The van der Waals surface area contributed by atoms with E-state index in [1.807, 2.05) is 24.3 Å². The minimum Gasteiger partial charge on any atom is -0.453 e. The lowest BCUT2D eigenvalue weighted by Crippen LogP contribution is -2.57. The first-order valence-electron chi connectivity index (χ1n) is 9.75. The van der Waals surface area contributed by atoms with Crippen LogP contribution in [0, 0.1) is 6.92 Å². The van der Waals surface area contributed by atoms with Crippen LogP contribution < -0.4 is 4.72 Å². The monoisotopic (exact) mass is 416 g/mol. The maximum absolute atomic E-state index is 12.3. The minimum atomic E-state index is -3.39. The van der Waals surface area contributed by atoms with E-state index in [1.54, 1.807) is 4.90 Å². The molecule has 2 unspecified atom stereocenters. The van der Waals surface area contributed by atoms with Crippen LogP contribution >= 0.6 is 0 Å². The van der Waals surface area contributed by atoms with Crippen molar-refractivity contribution in [2.75, 3.05) is 19.9 Å². The van der Waals surface area contributed by atoms with Gasteiger partial charge >= 0.3 is 6.09 Å². The molecule has 0 aromatic heterocycles. The highest BCUT2D eigenvalue weighted by molar-refractivity contribution is 7.88. The summed E-state index contributed by atoms with van der Waals surface area (Å²) in [7, 11) is -2.04. The summed E-state index contributed by atoms with van der Waals surface area (Å²) >= 11 is 0. The van der Waals surface area contributed by atoms with E-state index in [1.165, 1.54) is 12.7 Å². The minimum absolute atomic E-state index is 0.307. The molecule has 1 N–H and O–H groups in total. The summed E-state index contributed by atoms with van der Waals surface area (Å²) in [6.45, 7) is 2.63. The summed E-state index contributed by atoms with van der Waals surface area (Å²) in [5.74, 6) is 0. The first-order valence-corrected chi connectivity index (χ1v) is 11.6. The molecule has 1 amide bonds. The number of aryl methyl sites for hydroxylation is 1. The lowest BCUT2D eigenvalue weighted by atomic mass is 9.90. The zero-order valence-corrected chi connectivity index (χ0v) is 17.9. The van der Waals surface area contributed by atoms with Gasteiger partial charge in [-0.25, -0.2) is 17.9 Å². The summed E-state index contributed by atoms with van der Waals surface area (Å²) in [5.41, 5.74) is 4.50. The molecule has 2 aromatic carbocycles. The topological polar surface area (TPSA) is 75.7 Å². The maximum atomic E-state index is 12.3. The SMILES string of the molecule is COC(=O)N1CCCC(NS(C)(=O)=O)C1Cc1cccc(-c2ccccc2C)c1. The first kappa shape index (κ1) is 21.3. The van der Waals surface area contributed by atoms with E-state index in [-0.39, 0.29) is 12.1 Å². The van der Waals surface area contributed by atoms with Crippen LogP contribution in [0.2, 0.25) is 0 Å². The number of amides is 1. The molecule has 156 valence electrons. The van der Waals surface area contributed by atoms with Gasteiger partial charge in [0.15, 0.2) is 0 Å². The lowest BCUT2D eigenvalue weighted by molar-refractivity contribution is 0.0792. The van der Waals surface area contributed by atoms with Crippen molar-refractivity contribution in [3.8, 4) is 11.1 Å². The number of nitrogens with one attached hydrogen (secondary N) is 1. The number of benzene rings is 2. The second kappa shape index (κ2) is 8.97. The van der Waals surface area contributed by atoms with Crippen molar-refractivity contribution in [3.05, 3.63) is 59.7 Å². The van der Waals surface area contributed by atoms with Crippen molar-refractivity contribution in [3.63, 3.8) is 0 Å². The number of rotatable bonds is 5. The molecule has 2 aromatic rings. The Morgan fingerprint density at radius 3 is 2.66 bits per heavy atom. The Hall–Kier alpha value is -2.38. The predicted molar refractivity (Wildman–Crippen MR) is 114 cm³/mol. The van der Waals surface area contributed by atoms with E-state index < -0.39 is 16.1 Å². The Morgan fingerprint density at radius 1 is 1.21 bits per heavy atom. The molecule has 29 heavy (non-hydrogen) atoms. The fourth-order valence-corrected chi connectivity index (χ4v) is 4.89. The molecule has 6 nitrogen and oxygen atoms in total. The number of nitrogens with zero attached hydrogens (tertiary/aromatic N) is 1. The number of sulfonamides is 1. The quantitative estimate of drug-likeness (QED) is 0.811. The molecule has 1 aliphatic heterocycles. The summed E-state index contributed by atoms with van der Waals surface area (Å²) in [6.07, 6.45) is 2.68. The van der Waals surface area contributed by atoms with Gasteiger partial charge in [0.2, 0.25) is 10.0 Å². The van der Waals surface area contributed by atoms with Crippen molar-refractivity contribution in [2.24, 2.45) is 0 Å². The molecule has 1 heterocycles. The molecule has 0 radical (unpaired) electrons. The van der Waals surface area contributed by atoms with E-state index in [2.05, 4.69) is 35.9 Å². The fourth-order valence-electron chi connectivity index (χ4n) is 4.07. The largest absolute Gasteiger partial charge is 0.453 e. The third-order valence-corrected chi connectivity index (χ3v) is 6.11. The molecule has 0 bridgehead atoms. The molecule has 1 saturated heterocycles. The van der Waals surface area contributed by atoms with E-state index in [0.29, 0.717) is 19.4 Å². The van der Waals surface area contributed by atoms with Gasteiger partial charge in [0.1, 0.15) is 0 Å². The summed E-state index contributed by atoms with van der Waals surface area (Å²) < 4.78 is 31.4. The van der Waals surface area contributed by atoms with Crippen molar-refractivity contribution < 1.29 is 17.9 Å². The van der Waals surface area contributed by atoms with Crippen LogP contribution in [0.3, 0.4) is 0 Å². The van der Waals surface area contributed by atoms with Gasteiger partial charge in [-0.1, -0.05) is 48.5 Å². The van der Waals surface area contributed by atoms with Crippen LogP contribution in [-0.4, -0.2) is 51.4 Å². The Balaban J connectivity index is 1.92. The van der Waals surface area contributed by atoms with Crippen LogP contribution in [0.25, 0.3) is 11.1 Å². The van der Waals surface area contributed by atoms with Crippen LogP contribution in [0.1, 0.15) is 24.0 Å². The van der Waals surface area contributed by atoms with Gasteiger partial charge in [-0.15, -0.1) is 0 Å². The number of likely N-dealkylation sites (tertiary alicyclic amines) is 1. The highest BCUT2D eigenvalue weighted by Gasteiger charge is 2.36. The van der Waals surface area contributed by atoms with Gasteiger partial charge < -0.3 is 9.64 Å². The van der Waals surface area contributed by atoms with Gasteiger partial charge in [0.25, 0.3) is 0 Å². The Kier molecular flexibility index (Phi) is 6.59. The van der Waals surface area contributed by atoms with Gasteiger partial charge in [-0.3, -0.25) is 0 Å². The molecular formula is C22H28N2O4S. The van der Waals surface area contributed by atoms with Crippen LogP contribution in [0.15, 0.2) is 48.5 Å². The standard InChI is InChI=1S/C22H28N2O4S/c1-16-8-4-5-11-19(16)18-10-6-9-17(14-18)15-21-20(23-29(3,26)27)12-7-13-24(21)22(25)28-2/h4-6,8-11,14,20-21,23H,7,12-13,15H2,1-3H3. The third-order valence-electron chi connectivity index (χ3n) is 5.38. The van der Waals surface area contributed by atoms with E-state index in [9.17, 15) is 13.2 Å². The second-order valence-electron chi connectivity index (χ2n) is 7.59. The average molecular weight is 417 g/mol. The molecule has 0 spiro atoms. The number of ether oxygens (including phenoxy) is 1. The van der Waals surface area contributed by atoms with Gasteiger partial charge in [-0.05, 0) is 48.4 Å². The van der Waals surface area contributed by atoms with Crippen molar-refractivity contribution in [2.45, 2.75) is 38.3 Å². The third kappa shape index (κ3) is 5.36. The van der Waals surface area contributed by atoms with E-state index in [4.69, 9.17) is 4.74 Å². The number of hydrogen-bond donors (Lipinski definition) is 1. The Morgan fingerprint density at radius 2 is 1.97 bits per heavy atom. The van der Waals surface area contributed by atoms with Gasteiger partial charge in [0, 0.05) is 12.6 Å². The molecule has 1 fully saturated rings. The molecule has 2 atom stereocenters. The Labute approximate surface area is 172 Å². The molecule has 3 rings (SSSR count). The lowest BCUT2D eigenvalue weighted by Gasteiger charge is -2.40. The number of carbonyl (C=O) groups excluding carboxylic acids is 1. The fraction of sp³-hybridized carbons (Fsp3) is 0.409. The highest BCUT2D eigenvalue weighted by Crippen LogP contribution is 2.27. The molecule has 7 heteroatoms. The summed E-state index contributed by atoms with van der Waals surface area (Å²) in [6, 6.07) is 15.7. The molecule has 1 aliphatic rings. The van der Waals surface area contributed by atoms with Gasteiger partial charge in [0.05, 0.1) is 19.4 Å². The zero-order valence-electron chi connectivity index (χ0n) is 17.1. The number of methoxy groups -OCH3 is 1. The highest BCUT2D eigenvalue weighted by atomic mass is 32.2. The first-order chi connectivity index (χ1) is 13.8. The van der Waals surface area contributed by atoms with E-state index in [0.717, 1.165) is 29.4 Å². The predicted octanol–water partition coefficient (Wildman–Crippen LogP) is 3.35. The molecule has 0 saturated carbocycles. The van der Waals surface area contributed by atoms with Crippen molar-refractivity contribution in [1.82, 2.24) is 9.62 Å². The normalized spacial score (nSPS) is 19.8. The van der Waals surface area contributed by atoms with Crippen molar-refractivity contribution >= 4 is 16.1 Å². The zero-order chi connectivity index (χ0) is 21.0. The van der Waals surface area contributed by atoms with Crippen LogP contribution in [0.4, 0.5) is 4.79 Å². The van der Waals surface area contributed by atoms with Gasteiger partial charge in [-0.2, -0.15) is 0 Å². The van der Waals surface area contributed by atoms with Crippen molar-refractivity contribution in [1.29, 1.82) is 0 Å². The summed E-state index contributed by atoms with van der Waals surface area (Å²) in [4.78, 5) is 14.0. The van der Waals surface area contributed by atoms with Crippen LogP contribution in [0.5, 0.6) is 0 Å². The maximum Gasteiger partial charge on any atom is 0.409 e. The number of piperidine rings is 1. The smallest absolute Gasteiger partial charge is 0.409 e. The number of carbonyl (C=O) groups is 1. The number of hydrogen-bond acceptors (Lipinski definition) is 4. The van der Waals surface area contributed by atoms with E-state index >= 15 is 0 Å². The second-order valence-corrected chi connectivity index (χ2v) is 9.37. The molecular weight excluding hydrogens is 388 g/mol. The van der Waals surface area contributed by atoms with Crippen LogP contribution in [-0.2, 0) is 21.2 Å². The Bertz CT molecular complexity index is 974. The molecule has 0 aliphatic carbocycles. The summed E-state index contributed by atoms with van der Waals surface area (Å²) in [5, 5.41) is 0.